The van der Waals surface area contributed by atoms with Gasteiger partial charge in [0.25, 0.3) is 0 Å². The maximum Gasteiger partial charge on any atom is 0.225 e. The number of likely N-dealkylation sites (tertiary alicyclic amines) is 1. The largest absolute Gasteiger partial charge is 0.376 e. The highest BCUT2D eigenvalue weighted by Crippen LogP contribution is 2.42. The molecular weight excluding hydrogens is 380 g/mol. The number of amides is 2. The quantitative estimate of drug-likeness (QED) is 0.667. The molecule has 1 saturated carbocycles. The molecule has 7 heteroatoms. The minimum Gasteiger partial charge on any atom is -0.376 e. The van der Waals surface area contributed by atoms with Crippen LogP contribution >= 0.6 is 0 Å². The molecule has 30 heavy (non-hydrogen) atoms. The molecule has 3 aliphatic rings. The highest BCUT2D eigenvalue weighted by Gasteiger charge is 2.51. The van der Waals surface area contributed by atoms with Crippen LogP contribution in [0.25, 0.3) is 0 Å². The van der Waals surface area contributed by atoms with Gasteiger partial charge in [-0.3, -0.25) is 19.5 Å². The lowest BCUT2D eigenvalue weighted by molar-refractivity contribution is -0.133. The molecule has 3 heterocycles. The van der Waals surface area contributed by atoms with Crippen molar-refractivity contribution in [3.8, 4) is 0 Å². The van der Waals surface area contributed by atoms with Gasteiger partial charge in [0.1, 0.15) is 0 Å². The molecule has 4 rings (SSSR count). The molecule has 0 aromatic carbocycles. The number of fused-ring (bicyclic) bond motifs is 1. The summed E-state index contributed by atoms with van der Waals surface area (Å²) in [5.41, 5.74) is 1.17. The van der Waals surface area contributed by atoms with E-state index in [2.05, 4.69) is 21.3 Å². The first-order valence-electron chi connectivity index (χ1n) is 11.4. The van der Waals surface area contributed by atoms with Gasteiger partial charge in [0, 0.05) is 63.0 Å². The monoisotopic (exact) mass is 414 g/mol. The van der Waals surface area contributed by atoms with Gasteiger partial charge in [0.05, 0.1) is 19.1 Å². The fourth-order valence-corrected chi connectivity index (χ4v) is 5.15. The van der Waals surface area contributed by atoms with E-state index < -0.39 is 0 Å². The number of ether oxygens (including phenoxy) is 1. The molecule has 0 spiro atoms. The van der Waals surface area contributed by atoms with Gasteiger partial charge in [-0.25, -0.2) is 0 Å². The number of carbonyl (C=O) groups is 2. The van der Waals surface area contributed by atoms with Crippen LogP contribution in [0.15, 0.2) is 24.5 Å². The van der Waals surface area contributed by atoms with Crippen molar-refractivity contribution in [2.45, 2.75) is 64.3 Å². The number of hydrogen-bond donors (Lipinski definition) is 1. The van der Waals surface area contributed by atoms with Gasteiger partial charge in [-0.15, -0.1) is 0 Å². The summed E-state index contributed by atoms with van der Waals surface area (Å²) in [4.78, 5) is 33.9. The van der Waals surface area contributed by atoms with Crippen molar-refractivity contribution in [2.75, 3.05) is 26.2 Å². The van der Waals surface area contributed by atoms with E-state index in [0.29, 0.717) is 25.5 Å². The van der Waals surface area contributed by atoms with Crippen molar-refractivity contribution in [2.24, 2.45) is 11.8 Å². The number of nitrogens with one attached hydrogen (secondary N) is 1. The molecule has 7 nitrogen and oxygen atoms in total. The number of rotatable bonds is 9. The van der Waals surface area contributed by atoms with Crippen LogP contribution < -0.4 is 5.32 Å². The highest BCUT2D eigenvalue weighted by atomic mass is 16.5. The smallest absolute Gasteiger partial charge is 0.225 e. The Morgan fingerprint density at radius 2 is 2.07 bits per heavy atom. The van der Waals surface area contributed by atoms with Crippen molar-refractivity contribution in [3.05, 3.63) is 30.1 Å². The van der Waals surface area contributed by atoms with Crippen molar-refractivity contribution >= 4 is 11.8 Å². The lowest BCUT2D eigenvalue weighted by Gasteiger charge is -2.26. The average Bonchev–Trinajstić information content (AvgIpc) is 3.35. The van der Waals surface area contributed by atoms with Gasteiger partial charge in [-0.1, -0.05) is 6.07 Å². The molecule has 0 unspecified atom stereocenters. The molecule has 0 radical (unpaired) electrons. The maximum absolute atomic E-state index is 12.7. The van der Waals surface area contributed by atoms with Gasteiger partial charge in [0.15, 0.2) is 0 Å². The Kier molecular flexibility index (Phi) is 6.68. The second-order valence-electron chi connectivity index (χ2n) is 8.88. The molecular formula is C23H34N4O3. The minimum absolute atomic E-state index is 0.110. The summed E-state index contributed by atoms with van der Waals surface area (Å²) in [6.45, 7) is 7.75. The van der Waals surface area contributed by atoms with Crippen LogP contribution in [0.3, 0.4) is 0 Å². The molecule has 164 valence electrons. The first-order valence-corrected chi connectivity index (χ1v) is 11.4. The Labute approximate surface area is 179 Å². The fraction of sp³-hybridized carbons (Fsp3) is 0.696. The van der Waals surface area contributed by atoms with E-state index in [0.717, 1.165) is 39.0 Å². The average molecular weight is 415 g/mol. The molecule has 0 bridgehead atoms. The van der Waals surface area contributed by atoms with E-state index in [1.807, 2.05) is 31.0 Å². The maximum atomic E-state index is 12.7. The number of carbonyl (C=O) groups excluding carboxylic acids is 2. The Morgan fingerprint density at radius 3 is 2.73 bits per heavy atom. The Balaban J connectivity index is 1.46. The zero-order valence-electron chi connectivity index (χ0n) is 18.1. The molecule has 1 aromatic rings. The van der Waals surface area contributed by atoms with Crippen LogP contribution in [0.2, 0.25) is 0 Å². The molecule has 1 aromatic heterocycles. The lowest BCUT2D eigenvalue weighted by atomic mass is 9.84. The summed E-state index contributed by atoms with van der Waals surface area (Å²) < 4.78 is 6.17. The third-order valence-corrected chi connectivity index (χ3v) is 6.83. The fourth-order valence-electron chi connectivity index (χ4n) is 5.15. The summed E-state index contributed by atoms with van der Waals surface area (Å²) in [5.74, 6) is 0.719. The second kappa shape index (κ2) is 9.43. The van der Waals surface area contributed by atoms with Crippen LogP contribution in [0.5, 0.6) is 0 Å². The zero-order chi connectivity index (χ0) is 21.1. The molecule has 2 amide bonds. The lowest BCUT2D eigenvalue weighted by Crippen LogP contribution is -2.37. The van der Waals surface area contributed by atoms with Crippen LogP contribution in [0.1, 0.15) is 45.1 Å². The van der Waals surface area contributed by atoms with Gasteiger partial charge < -0.3 is 15.0 Å². The Hall–Kier alpha value is -1.99. The summed E-state index contributed by atoms with van der Waals surface area (Å²) >= 11 is 0. The highest BCUT2D eigenvalue weighted by molar-refractivity contribution is 5.77. The Bertz CT molecular complexity index is 735. The van der Waals surface area contributed by atoms with Crippen molar-refractivity contribution < 1.29 is 14.3 Å². The standard InChI is InChI=1S/C23H34N4O3/c1-3-26(4-2)22(29)11-20-23-17(10-21(28)25-18-7-8-18)14-27(19(23)15-30-20)13-16-6-5-9-24-12-16/h5-6,9,12,17-20,23H,3-4,7-8,10-11,13-15H2,1-2H3,(H,25,28)/t17-,19-,20+,23-/m1/s1. The molecule has 1 N–H and O–H groups in total. The summed E-state index contributed by atoms with van der Waals surface area (Å²) in [6, 6.07) is 4.67. The van der Waals surface area contributed by atoms with E-state index in [1.54, 1.807) is 6.20 Å². The van der Waals surface area contributed by atoms with E-state index in [-0.39, 0.29) is 35.8 Å². The number of pyridine rings is 1. The van der Waals surface area contributed by atoms with Gasteiger partial charge in [0.2, 0.25) is 11.8 Å². The summed E-state index contributed by atoms with van der Waals surface area (Å²) in [6.07, 6.45) is 6.69. The molecule has 4 atom stereocenters. The molecule has 2 aliphatic heterocycles. The first kappa shape index (κ1) is 21.2. The SMILES string of the molecule is CCN(CC)C(=O)C[C@@H]1OC[C@@H]2[C@H]1[C@H](CC(=O)NC1CC1)CN2Cc1cccnc1. The van der Waals surface area contributed by atoms with E-state index >= 15 is 0 Å². The van der Waals surface area contributed by atoms with Gasteiger partial charge >= 0.3 is 0 Å². The summed E-state index contributed by atoms with van der Waals surface area (Å²) in [5, 5.41) is 3.13. The molecule has 2 saturated heterocycles. The summed E-state index contributed by atoms with van der Waals surface area (Å²) in [7, 11) is 0. The van der Waals surface area contributed by atoms with Crippen molar-refractivity contribution in [1.82, 2.24) is 20.1 Å². The number of nitrogens with zero attached hydrogens (tertiary/aromatic N) is 3. The van der Waals surface area contributed by atoms with Crippen molar-refractivity contribution in [1.29, 1.82) is 0 Å². The van der Waals surface area contributed by atoms with E-state index in [1.165, 1.54) is 5.56 Å². The van der Waals surface area contributed by atoms with Crippen molar-refractivity contribution in [3.63, 3.8) is 0 Å². The predicted molar refractivity (Wildman–Crippen MR) is 113 cm³/mol. The molecule has 3 fully saturated rings. The Morgan fingerprint density at radius 1 is 1.27 bits per heavy atom. The predicted octanol–water partition coefficient (Wildman–Crippen LogP) is 1.82. The first-order chi connectivity index (χ1) is 14.6. The minimum atomic E-state index is -0.110. The third kappa shape index (κ3) is 4.83. The van der Waals surface area contributed by atoms with Crippen LogP contribution in [-0.2, 0) is 20.9 Å². The van der Waals surface area contributed by atoms with Gasteiger partial charge in [-0.05, 0) is 44.2 Å². The van der Waals surface area contributed by atoms with E-state index in [4.69, 9.17) is 4.74 Å². The van der Waals surface area contributed by atoms with Crippen LogP contribution in [0.4, 0.5) is 0 Å². The van der Waals surface area contributed by atoms with Gasteiger partial charge in [-0.2, -0.15) is 0 Å². The topological polar surface area (TPSA) is 74.8 Å². The number of aromatic nitrogens is 1. The number of hydrogen-bond acceptors (Lipinski definition) is 5. The third-order valence-electron chi connectivity index (χ3n) is 6.83. The second-order valence-corrected chi connectivity index (χ2v) is 8.88. The van der Waals surface area contributed by atoms with E-state index in [9.17, 15) is 9.59 Å². The van der Waals surface area contributed by atoms with Crippen LogP contribution in [0, 0.1) is 11.8 Å². The molecule has 1 aliphatic carbocycles. The zero-order valence-corrected chi connectivity index (χ0v) is 18.1. The normalized spacial score (nSPS) is 28.3. The van der Waals surface area contributed by atoms with Crippen LogP contribution in [-0.4, -0.2) is 71.0 Å².